The van der Waals surface area contributed by atoms with Crippen LogP contribution in [0.5, 0.6) is 11.5 Å². The van der Waals surface area contributed by atoms with Gasteiger partial charge in [-0.05, 0) is 54.6 Å². The van der Waals surface area contributed by atoms with Crippen LogP contribution in [0.4, 0.5) is 17.1 Å². The number of ether oxygens (including phenoxy) is 1. The monoisotopic (exact) mass is 609 g/mol. The van der Waals surface area contributed by atoms with Gasteiger partial charge in [-0.15, -0.1) is 5.11 Å². The van der Waals surface area contributed by atoms with E-state index in [1.54, 1.807) is 49.4 Å². The van der Waals surface area contributed by atoms with E-state index in [0.717, 1.165) is 6.07 Å². The standard InChI is InChI=1S/C27H23Cl2N3O6S.Na/c1-3-15-11-18(39(35,36)37)14-23(24(15)29)31-32-25-19-8-6-5-7-16(19)12-20(26(25)33)27(34)30-22-10-9-17(38-4-2)13-21(22)28;/h5-14,33H,3-4H2,1-2H3,(H,30,34)(H,35,36,37);/q;+1/p-1. The molecule has 4 aromatic carbocycles. The first-order valence-corrected chi connectivity index (χ1v) is 13.9. The summed E-state index contributed by atoms with van der Waals surface area (Å²) in [5.74, 6) is -0.899. The fourth-order valence-corrected chi connectivity index (χ4v) is 4.89. The molecule has 2 N–H and O–H groups in total. The fraction of sp³-hybridized carbons (Fsp3) is 0.148. The van der Waals surface area contributed by atoms with Crippen molar-refractivity contribution in [2.45, 2.75) is 25.2 Å². The van der Waals surface area contributed by atoms with E-state index in [2.05, 4.69) is 15.5 Å². The SMILES string of the molecule is CCOc1ccc(NC(=O)c2cc3ccccc3c(N=Nc3cc(S(=O)(=O)O)cc(CC)c3Cl)c2[O-])c(Cl)c1.[Na+]. The molecule has 9 nitrogen and oxygen atoms in total. The molecule has 40 heavy (non-hydrogen) atoms. The van der Waals surface area contributed by atoms with E-state index in [1.807, 2.05) is 6.92 Å². The molecular weight excluding hydrogens is 588 g/mol. The summed E-state index contributed by atoms with van der Waals surface area (Å²) in [6.45, 7) is 4.02. The zero-order valence-electron chi connectivity index (χ0n) is 21.7. The number of hydrogen-bond acceptors (Lipinski definition) is 7. The van der Waals surface area contributed by atoms with E-state index in [1.165, 1.54) is 12.1 Å². The first kappa shape index (κ1) is 31.8. The van der Waals surface area contributed by atoms with Crippen LogP contribution in [-0.2, 0) is 16.5 Å². The Hall–Kier alpha value is -2.70. The Bertz CT molecular complexity index is 1730. The van der Waals surface area contributed by atoms with Gasteiger partial charge in [-0.2, -0.15) is 13.5 Å². The van der Waals surface area contributed by atoms with E-state index >= 15 is 0 Å². The van der Waals surface area contributed by atoms with Crippen molar-refractivity contribution in [2.24, 2.45) is 10.2 Å². The predicted molar refractivity (Wildman–Crippen MR) is 149 cm³/mol. The van der Waals surface area contributed by atoms with Gasteiger partial charge in [-0.3, -0.25) is 9.35 Å². The van der Waals surface area contributed by atoms with Crippen molar-refractivity contribution in [3.63, 3.8) is 0 Å². The van der Waals surface area contributed by atoms with Gasteiger partial charge in [-0.25, -0.2) is 0 Å². The molecule has 0 fully saturated rings. The average molecular weight is 610 g/mol. The van der Waals surface area contributed by atoms with Crippen molar-refractivity contribution in [2.75, 3.05) is 11.9 Å². The van der Waals surface area contributed by atoms with Gasteiger partial charge in [0.2, 0.25) is 0 Å². The Morgan fingerprint density at radius 1 is 1.05 bits per heavy atom. The summed E-state index contributed by atoms with van der Waals surface area (Å²) in [6, 6.07) is 15.3. The summed E-state index contributed by atoms with van der Waals surface area (Å²) in [5, 5.41) is 25.5. The predicted octanol–water partition coefficient (Wildman–Crippen LogP) is 4.10. The maximum atomic E-state index is 13.5. The van der Waals surface area contributed by atoms with Crippen molar-refractivity contribution in [3.05, 3.63) is 81.8 Å². The second kappa shape index (κ2) is 13.3. The second-order valence-electron chi connectivity index (χ2n) is 8.30. The number of benzene rings is 4. The molecule has 0 aromatic heterocycles. The van der Waals surface area contributed by atoms with Crippen molar-refractivity contribution >= 4 is 67.1 Å². The third-order valence-electron chi connectivity index (χ3n) is 5.76. The molecule has 0 bridgehead atoms. The summed E-state index contributed by atoms with van der Waals surface area (Å²) in [5.41, 5.74) is 0.264. The third-order valence-corrected chi connectivity index (χ3v) is 7.34. The Morgan fingerprint density at radius 3 is 2.42 bits per heavy atom. The second-order valence-corrected chi connectivity index (χ2v) is 10.5. The van der Waals surface area contributed by atoms with E-state index in [4.69, 9.17) is 27.9 Å². The smallest absolute Gasteiger partial charge is 0.870 e. The molecule has 0 aliphatic rings. The number of aryl methyl sites for hydroxylation is 1. The number of azo groups is 1. The summed E-state index contributed by atoms with van der Waals surface area (Å²) in [7, 11) is -4.55. The van der Waals surface area contributed by atoms with Crippen LogP contribution in [0.2, 0.25) is 10.0 Å². The molecule has 13 heteroatoms. The van der Waals surface area contributed by atoms with E-state index < -0.39 is 26.7 Å². The van der Waals surface area contributed by atoms with Crippen LogP contribution in [0.3, 0.4) is 0 Å². The van der Waals surface area contributed by atoms with Gasteiger partial charge in [0.25, 0.3) is 16.0 Å². The number of fused-ring (bicyclic) bond motifs is 1. The average Bonchev–Trinajstić information content (AvgIpc) is 2.89. The van der Waals surface area contributed by atoms with Gasteiger partial charge < -0.3 is 15.2 Å². The van der Waals surface area contributed by atoms with Gasteiger partial charge in [0, 0.05) is 17.0 Å². The maximum absolute atomic E-state index is 13.5. The molecule has 0 saturated heterocycles. The number of halogens is 2. The Kier molecular flexibility index (Phi) is 10.6. The Balaban J connectivity index is 0.00000441. The summed E-state index contributed by atoms with van der Waals surface area (Å²) in [6.07, 6.45) is 0.351. The molecule has 202 valence electrons. The van der Waals surface area contributed by atoms with Crippen LogP contribution in [0, 0.1) is 0 Å². The van der Waals surface area contributed by atoms with E-state index in [-0.39, 0.29) is 62.2 Å². The molecule has 4 aromatic rings. The molecular formula is C27H22Cl2N3NaO6S. The topological polar surface area (TPSA) is 140 Å². The zero-order chi connectivity index (χ0) is 28.3. The van der Waals surface area contributed by atoms with Crippen LogP contribution in [0.25, 0.3) is 10.8 Å². The molecule has 1 amide bonds. The van der Waals surface area contributed by atoms with Crippen LogP contribution in [0.15, 0.2) is 75.8 Å². The van der Waals surface area contributed by atoms with E-state index in [0.29, 0.717) is 35.1 Å². The molecule has 0 atom stereocenters. The van der Waals surface area contributed by atoms with Crippen molar-refractivity contribution in [1.82, 2.24) is 0 Å². The molecule has 0 saturated carbocycles. The minimum absolute atomic E-state index is 0. The summed E-state index contributed by atoms with van der Waals surface area (Å²) < 4.78 is 38.4. The zero-order valence-corrected chi connectivity index (χ0v) is 26.1. The van der Waals surface area contributed by atoms with Crippen LogP contribution in [0.1, 0.15) is 29.8 Å². The van der Waals surface area contributed by atoms with Crippen LogP contribution in [-0.4, -0.2) is 25.5 Å². The van der Waals surface area contributed by atoms with E-state index in [9.17, 15) is 22.9 Å². The molecule has 0 spiro atoms. The number of hydrogen-bond donors (Lipinski definition) is 2. The first-order chi connectivity index (χ1) is 18.5. The molecule has 4 rings (SSSR count). The number of nitrogens with zero attached hydrogens (tertiary/aromatic N) is 2. The molecule has 0 radical (unpaired) electrons. The number of anilines is 1. The minimum Gasteiger partial charge on any atom is -0.870 e. The van der Waals surface area contributed by atoms with Gasteiger partial charge in [0.1, 0.15) is 11.4 Å². The number of nitrogens with one attached hydrogen (secondary N) is 1. The Morgan fingerprint density at radius 2 is 1.77 bits per heavy atom. The van der Waals surface area contributed by atoms with Crippen LogP contribution >= 0.6 is 23.2 Å². The number of carbonyl (C=O) groups is 1. The quantitative estimate of drug-likeness (QED) is 0.175. The van der Waals surface area contributed by atoms with Gasteiger partial charge >= 0.3 is 29.6 Å². The molecule has 0 heterocycles. The normalized spacial score (nSPS) is 11.4. The minimum atomic E-state index is -4.55. The number of amides is 1. The van der Waals surface area contributed by atoms with Gasteiger partial charge in [-0.1, -0.05) is 60.1 Å². The summed E-state index contributed by atoms with van der Waals surface area (Å²) >= 11 is 12.7. The number of rotatable bonds is 8. The fourth-order valence-electron chi connectivity index (χ4n) is 3.84. The maximum Gasteiger partial charge on any atom is 1.00 e. The van der Waals surface area contributed by atoms with Crippen molar-refractivity contribution in [1.29, 1.82) is 0 Å². The van der Waals surface area contributed by atoms with Gasteiger partial charge in [0.05, 0.1) is 32.9 Å². The van der Waals surface area contributed by atoms with Crippen molar-refractivity contribution in [3.8, 4) is 11.5 Å². The van der Waals surface area contributed by atoms with Crippen molar-refractivity contribution < 1.29 is 57.2 Å². The van der Waals surface area contributed by atoms with Gasteiger partial charge in [0.15, 0.2) is 0 Å². The van der Waals surface area contributed by atoms with Crippen LogP contribution < -0.4 is 44.7 Å². The first-order valence-electron chi connectivity index (χ1n) is 11.7. The third kappa shape index (κ3) is 6.95. The molecule has 0 aliphatic carbocycles. The molecule has 0 aliphatic heterocycles. The number of carbonyl (C=O) groups excluding carboxylic acids is 1. The summed E-state index contributed by atoms with van der Waals surface area (Å²) in [4.78, 5) is 12.8. The Labute approximate surface area is 263 Å². The largest absolute Gasteiger partial charge is 1.00 e. The molecule has 0 unspecified atom stereocenters.